The summed E-state index contributed by atoms with van der Waals surface area (Å²) in [5.74, 6) is -0.153. The molecule has 1 amide bonds. The molecule has 1 unspecified atom stereocenters. The van der Waals surface area contributed by atoms with Crippen molar-refractivity contribution in [2.45, 2.75) is 12.8 Å². The Labute approximate surface area is 110 Å². The highest BCUT2D eigenvalue weighted by molar-refractivity contribution is 6.32. The van der Waals surface area contributed by atoms with Crippen LogP contribution in [0.1, 0.15) is 18.4 Å². The predicted octanol–water partition coefficient (Wildman–Crippen LogP) is 2.87. The third-order valence-electron chi connectivity index (χ3n) is 2.59. The van der Waals surface area contributed by atoms with Gasteiger partial charge in [0, 0.05) is 12.4 Å². The standard InChI is InChI=1S/C13H12ClN3O/c1-9(10-5-3-2-4-6-10)13(18)17-12-11(14)15-7-8-16-12/h2-9H,1H3,(H,16,17,18). The molecule has 0 aliphatic carbocycles. The minimum Gasteiger partial charge on any atom is -0.308 e. The molecular formula is C13H12ClN3O. The number of benzene rings is 1. The third kappa shape index (κ3) is 2.84. The maximum absolute atomic E-state index is 12.0. The highest BCUT2D eigenvalue weighted by Crippen LogP contribution is 2.19. The van der Waals surface area contributed by atoms with E-state index in [9.17, 15) is 4.79 Å². The Morgan fingerprint density at radius 2 is 1.89 bits per heavy atom. The lowest BCUT2D eigenvalue weighted by atomic mass is 10.0. The fourth-order valence-corrected chi connectivity index (χ4v) is 1.68. The zero-order valence-corrected chi connectivity index (χ0v) is 10.6. The van der Waals surface area contributed by atoms with E-state index < -0.39 is 0 Å². The molecule has 1 N–H and O–H groups in total. The Morgan fingerprint density at radius 1 is 1.22 bits per heavy atom. The Bertz CT molecular complexity index is 545. The SMILES string of the molecule is CC(C(=O)Nc1nccnc1Cl)c1ccccc1. The van der Waals surface area contributed by atoms with Crippen LogP contribution >= 0.6 is 11.6 Å². The number of nitrogens with zero attached hydrogens (tertiary/aromatic N) is 2. The van der Waals surface area contributed by atoms with Crippen molar-refractivity contribution in [3.8, 4) is 0 Å². The van der Waals surface area contributed by atoms with E-state index in [0.29, 0.717) is 0 Å². The molecule has 18 heavy (non-hydrogen) atoms. The van der Waals surface area contributed by atoms with Crippen molar-refractivity contribution in [3.05, 3.63) is 53.4 Å². The molecular weight excluding hydrogens is 250 g/mol. The third-order valence-corrected chi connectivity index (χ3v) is 2.86. The number of anilines is 1. The number of carbonyl (C=O) groups is 1. The second-order valence-electron chi connectivity index (χ2n) is 3.82. The van der Waals surface area contributed by atoms with Crippen LogP contribution in [0.25, 0.3) is 0 Å². The van der Waals surface area contributed by atoms with Crippen molar-refractivity contribution in [1.82, 2.24) is 9.97 Å². The van der Waals surface area contributed by atoms with Crippen LogP contribution in [0, 0.1) is 0 Å². The molecule has 0 saturated carbocycles. The number of halogens is 1. The molecule has 1 heterocycles. The number of nitrogens with one attached hydrogen (secondary N) is 1. The van der Waals surface area contributed by atoms with Gasteiger partial charge in [-0.3, -0.25) is 4.79 Å². The van der Waals surface area contributed by atoms with Crippen molar-refractivity contribution in [2.24, 2.45) is 0 Å². The van der Waals surface area contributed by atoms with E-state index in [-0.39, 0.29) is 22.8 Å². The number of aromatic nitrogens is 2. The van der Waals surface area contributed by atoms with Gasteiger partial charge in [0.2, 0.25) is 5.91 Å². The smallest absolute Gasteiger partial charge is 0.232 e. The fourth-order valence-electron chi connectivity index (χ4n) is 1.52. The number of rotatable bonds is 3. The summed E-state index contributed by atoms with van der Waals surface area (Å²) in [7, 11) is 0. The van der Waals surface area contributed by atoms with Gasteiger partial charge < -0.3 is 5.32 Å². The highest BCUT2D eigenvalue weighted by atomic mass is 35.5. The Balaban J connectivity index is 2.12. The van der Waals surface area contributed by atoms with Crippen LogP contribution in [0.5, 0.6) is 0 Å². The molecule has 1 atom stereocenters. The summed E-state index contributed by atoms with van der Waals surface area (Å²) in [6, 6.07) is 9.52. The summed E-state index contributed by atoms with van der Waals surface area (Å²) in [6.07, 6.45) is 2.95. The molecule has 5 heteroatoms. The van der Waals surface area contributed by atoms with Crippen LogP contribution in [0.2, 0.25) is 5.15 Å². The zero-order chi connectivity index (χ0) is 13.0. The highest BCUT2D eigenvalue weighted by Gasteiger charge is 2.16. The number of hydrogen-bond donors (Lipinski definition) is 1. The van der Waals surface area contributed by atoms with Gasteiger partial charge in [0.05, 0.1) is 5.92 Å². The van der Waals surface area contributed by atoms with Crippen LogP contribution in [-0.4, -0.2) is 15.9 Å². The van der Waals surface area contributed by atoms with Gasteiger partial charge in [-0.1, -0.05) is 41.9 Å². The first-order valence-electron chi connectivity index (χ1n) is 5.51. The van der Waals surface area contributed by atoms with E-state index in [0.717, 1.165) is 5.56 Å². The van der Waals surface area contributed by atoms with Crippen molar-refractivity contribution < 1.29 is 4.79 Å². The van der Waals surface area contributed by atoms with E-state index in [1.54, 1.807) is 0 Å². The first kappa shape index (κ1) is 12.5. The molecule has 0 spiro atoms. The average Bonchev–Trinajstić information content (AvgIpc) is 2.41. The maximum Gasteiger partial charge on any atom is 0.232 e. The van der Waals surface area contributed by atoms with Crippen molar-refractivity contribution in [3.63, 3.8) is 0 Å². The minimum absolute atomic E-state index is 0.163. The Morgan fingerprint density at radius 3 is 2.56 bits per heavy atom. The van der Waals surface area contributed by atoms with Crippen molar-refractivity contribution in [1.29, 1.82) is 0 Å². The van der Waals surface area contributed by atoms with Crippen molar-refractivity contribution >= 4 is 23.3 Å². The van der Waals surface area contributed by atoms with Crippen LogP contribution < -0.4 is 5.32 Å². The van der Waals surface area contributed by atoms with E-state index in [2.05, 4.69) is 15.3 Å². The molecule has 92 valence electrons. The molecule has 0 fully saturated rings. The quantitative estimate of drug-likeness (QED) is 0.924. The first-order valence-corrected chi connectivity index (χ1v) is 5.88. The van der Waals surface area contributed by atoms with Crippen molar-refractivity contribution in [2.75, 3.05) is 5.32 Å². The molecule has 2 rings (SSSR count). The molecule has 4 nitrogen and oxygen atoms in total. The van der Waals surface area contributed by atoms with Gasteiger partial charge in [-0.25, -0.2) is 9.97 Å². The lowest BCUT2D eigenvalue weighted by Gasteiger charge is -2.12. The second-order valence-corrected chi connectivity index (χ2v) is 4.18. The number of hydrogen-bond acceptors (Lipinski definition) is 3. The van der Waals surface area contributed by atoms with E-state index in [4.69, 9.17) is 11.6 Å². The van der Waals surface area contributed by atoms with Crippen LogP contribution in [0.15, 0.2) is 42.7 Å². The number of carbonyl (C=O) groups excluding carboxylic acids is 1. The second kappa shape index (κ2) is 5.60. The lowest BCUT2D eigenvalue weighted by molar-refractivity contribution is -0.117. The summed E-state index contributed by atoms with van der Waals surface area (Å²) >= 11 is 5.83. The molecule has 0 saturated heterocycles. The van der Waals surface area contributed by atoms with Gasteiger partial charge in [-0.15, -0.1) is 0 Å². The summed E-state index contributed by atoms with van der Waals surface area (Å²) in [5.41, 5.74) is 0.940. The lowest BCUT2D eigenvalue weighted by Crippen LogP contribution is -2.19. The summed E-state index contributed by atoms with van der Waals surface area (Å²) in [6.45, 7) is 1.83. The minimum atomic E-state index is -0.274. The van der Waals surface area contributed by atoms with Gasteiger partial charge in [0.15, 0.2) is 11.0 Å². The van der Waals surface area contributed by atoms with Crippen LogP contribution in [-0.2, 0) is 4.79 Å². The molecule has 0 aliphatic heterocycles. The molecule has 1 aromatic carbocycles. The topological polar surface area (TPSA) is 54.9 Å². The van der Waals surface area contributed by atoms with E-state index in [1.165, 1.54) is 12.4 Å². The van der Waals surface area contributed by atoms with E-state index in [1.807, 2.05) is 37.3 Å². The zero-order valence-electron chi connectivity index (χ0n) is 9.80. The normalized spacial score (nSPS) is 11.9. The Kier molecular flexibility index (Phi) is 3.89. The van der Waals surface area contributed by atoms with Crippen LogP contribution in [0.4, 0.5) is 5.82 Å². The molecule has 0 radical (unpaired) electrons. The van der Waals surface area contributed by atoms with Gasteiger partial charge in [-0.2, -0.15) is 0 Å². The van der Waals surface area contributed by atoms with Gasteiger partial charge in [-0.05, 0) is 12.5 Å². The molecule has 0 bridgehead atoms. The molecule has 2 aromatic rings. The van der Waals surface area contributed by atoms with Crippen LogP contribution in [0.3, 0.4) is 0 Å². The summed E-state index contributed by atoms with van der Waals surface area (Å²) in [5, 5.41) is 2.85. The Hall–Kier alpha value is -1.94. The summed E-state index contributed by atoms with van der Waals surface area (Å²) in [4.78, 5) is 19.8. The number of amides is 1. The maximum atomic E-state index is 12.0. The monoisotopic (exact) mass is 261 g/mol. The summed E-state index contributed by atoms with van der Waals surface area (Å²) < 4.78 is 0. The largest absolute Gasteiger partial charge is 0.308 e. The van der Waals surface area contributed by atoms with E-state index >= 15 is 0 Å². The van der Waals surface area contributed by atoms with Gasteiger partial charge in [0.1, 0.15) is 0 Å². The van der Waals surface area contributed by atoms with Gasteiger partial charge >= 0.3 is 0 Å². The molecule has 1 aromatic heterocycles. The fraction of sp³-hybridized carbons (Fsp3) is 0.154. The first-order chi connectivity index (χ1) is 8.68. The average molecular weight is 262 g/mol. The molecule has 0 aliphatic rings. The predicted molar refractivity (Wildman–Crippen MR) is 70.5 cm³/mol. The van der Waals surface area contributed by atoms with Gasteiger partial charge in [0.25, 0.3) is 0 Å².